The normalized spacial score (nSPS) is 20.9. The molecule has 1 fully saturated rings. The van der Waals surface area contributed by atoms with Crippen molar-refractivity contribution in [3.63, 3.8) is 0 Å². The maximum Gasteiger partial charge on any atom is 0.416 e. The molecule has 0 bridgehead atoms. The first kappa shape index (κ1) is 14.9. The fraction of sp³-hybridized carbons (Fsp3) is 0.571. The van der Waals surface area contributed by atoms with E-state index in [1.807, 2.05) is 0 Å². The van der Waals surface area contributed by atoms with E-state index in [9.17, 15) is 13.2 Å². The largest absolute Gasteiger partial charge is 0.416 e. The number of hydrogen-bond donors (Lipinski definition) is 0. The molecular weight excluding hydrogens is 319 g/mol. The van der Waals surface area contributed by atoms with Gasteiger partial charge in [0.2, 0.25) is 0 Å². The second-order valence-electron chi connectivity index (χ2n) is 5.06. The zero-order valence-corrected chi connectivity index (χ0v) is 12.2. The van der Waals surface area contributed by atoms with Crippen molar-refractivity contribution in [1.29, 1.82) is 0 Å². The zero-order valence-electron chi connectivity index (χ0n) is 10.6. The van der Waals surface area contributed by atoms with Crippen LogP contribution < -0.4 is 0 Å². The maximum atomic E-state index is 12.4. The second kappa shape index (κ2) is 6.27. The van der Waals surface area contributed by atoms with Crippen molar-refractivity contribution in [3.8, 4) is 0 Å². The summed E-state index contributed by atoms with van der Waals surface area (Å²) in [6.45, 7) is 2.84. The van der Waals surface area contributed by atoms with Gasteiger partial charge in [-0.2, -0.15) is 13.2 Å². The summed E-state index contributed by atoms with van der Waals surface area (Å²) in [6.07, 6.45) is -1.89. The minimum Gasteiger partial charge on any atom is -0.299 e. The third kappa shape index (κ3) is 4.21. The number of benzene rings is 1. The smallest absolute Gasteiger partial charge is 0.299 e. The Morgan fingerprint density at radius 1 is 1.21 bits per heavy atom. The number of nitrogens with zero attached hydrogens (tertiary/aromatic N) is 1. The lowest BCUT2D eigenvalue weighted by Gasteiger charge is -2.16. The minimum absolute atomic E-state index is 0.574. The summed E-state index contributed by atoms with van der Waals surface area (Å²) in [4.78, 5) is 2.32. The van der Waals surface area contributed by atoms with Gasteiger partial charge in [0.15, 0.2) is 0 Å². The molecule has 0 N–H and O–H groups in total. The summed E-state index contributed by atoms with van der Waals surface area (Å²) in [7, 11) is 0. The van der Waals surface area contributed by atoms with Crippen LogP contribution in [0.5, 0.6) is 0 Å². The van der Waals surface area contributed by atoms with E-state index in [-0.39, 0.29) is 0 Å². The molecule has 0 amide bonds. The Morgan fingerprint density at radius 3 is 2.47 bits per heavy atom. The summed E-state index contributed by atoms with van der Waals surface area (Å²) in [5.41, 5.74) is 0.377. The number of halogens is 4. The molecular formula is C14H17BrF3N. The van der Waals surface area contributed by atoms with Crippen LogP contribution >= 0.6 is 15.9 Å². The van der Waals surface area contributed by atoms with Gasteiger partial charge in [-0.05, 0) is 43.0 Å². The van der Waals surface area contributed by atoms with E-state index in [4.69, 9.17) is 0 Å². The first-order chi connectivity index (χ1) is 8.99. The molecule has 19 heavy (non-hydrogen) atoms. The molecule has 0 spiro atoms. The molecule has 1 saturated heterocycles. The highest BCUT2D eigenvalue weighted by molar-refractivity contribution is 9.09. The van der Waals surface area contributed by atoms with Crippen LogP contribution in [0.25, 0.3) is 0 Å². The second-order valence-corrected chi connectivity index (χ2v) is 5.86. The number of rotatable bonds is 4. The Kier molecular flexibility index (Phi) is 4.90. The van der Waals surface area contributed by atoms with Crippen LogP contribution in [0.1, 0.15) is 24.0 Å². The lowest BCUT2D eigenvalue weighted by Crippen LogP contribution is -2.20. The Balaban J connectivity index is 1.90. The van der Waals surface area contributed by atoms with Crippen LogP contribution in [0.2, 0.25) is 0 Å². The van der Waals surface area contributed by atoms with Crippen LogP contribution in [0.15, 0.2) is 24.3 Å². The SMILES string of the molecule is FC(F)(F)c1ccc(CN2CCC(CCBr)C2)cc1. The predicted octanol–water partition coefficient (Wildman–Crippen LogP) is 4.31. The van der Waals surface area contributed by atoms with Gasteiger partial charge >= 0.3 is 6.18 Å². The first-order valence-electron chi connectivity index (χ1n) is 6.43. The molecule has 0 aromatic heterocycles. The summed E-state index contributed by atoms with van der Waals surface area (Å²) < 4.78 is 37.3. The molecule has 0 radical (unpaired) electrons. The van der Waals surface area contributed by atoms with Gasteiger partial charge in [0, 0.05) is 18.4 Å². The molecule has 0 aliphatic carbocycles. The van der Waals surface area contributed by atoms with Crippen molar-refractivity contribution in [3.05, 3.63) is 35.4 Å². The lowest BCUT2D eigenvalue weighted by molar-refractivity contribution is -0.137. The molecule has 5 heteroatoms. The highest BCUT2D eigenvalue weighted by Crippen LogP contribution is 2.29. The summed E-state index contributed by atoms with van der Waals surface area (Å²) in [6, 6.07) is 5.50. The van der Waals surface area contributed by atoms with Crippen molar-refractivity contribution >= 4 is 15.9 Å². The van der Waals surface area contributed by atoms with Crippen LogP contribution in [0.3, 0.4) is 0 Å². The molecule has 0 saturated carbocycles. The summed E-state index contributed by atoms with van der Waals surface area (Å²) in [5.74, 6) is 0.717. The molecule has 1 aromatic carbocycles. The van der Waals surface area contributed by atoms with Gasteiger partial charge in [0.05, 0.1) is 5.56 Å². The molecule has 1 aliphatic heterocycles. The third-order valence-corrected chi connectivity index (χ3v) is 4.03. The summed E-state index contributed by atoms with van der Waals surface area (Å²) in [5, 5.41) is 1.02. The monoisotopic (exact) mass is 335 g/mol. The van der Waals surface area contributed by atoms with Gasteiger partial charge in [-0.3, -0.25) is 4.90 Å². The average molecular weight is 336 g/mol. The van der Waals surface area contributed by atoms with Crippen molar-refractivity contribution < 1.29 is 13.2 Å². The fourth-order valence-corrected chi connectivity index (χ4v) is 3.15. The van der Waals surface area contributed by atoms with Crippen molar-refractivity contribution in [2.75, 3.05) is 18.4 Å². The van der Waals surface area contributed by atoms with E-state index in [0.717, 1.165) is 30.5 Å². The average Bonchev–Trinajstić information content (AvgIpc) is 2.77. The third-order valence-electron chi connectivity index (χ3n) is 3.57. The molecule has 1 unspecified atom stereocenters. The van der Waals surface area contributed by atoms with E-state index in [2.05, 4.69) is 20.8 Å². The van der Waals surface area contributed by atoms with Gasteiger partial charge in [-0.1, -0.05) is 28.1 Å². The molecule has 1 aliphatic rings. The molecule has 1 atom stereocenters. The number of hydrogen-bond acceptors (Lipinski definition) is 1. The molecule has 2 rings (SSSR count). The zero-order chi connectivity index (χ0) is 13.9. The fourth-order valence-electron chi connectivity index (χ4n) is 2.50. The number of likely N-dealkylation sites (tertiary alicyclic amines) is 1. The Hall–Kier alpha value is -0.550. The van der Waals surface area contributed by atoms with E-state index >= 15 is 0 Å². The van der Waals surface area contributed by atoms with Gasteiger partial charge in [0.1, 0.15) is 0 Å². The Morgan fingerprint density at radius 2 is 1.89 bits per heavy atom. The standard InChI is InChI=1S/C14H17BrF3N/c15-7-5-12-6-8-19(10-12)9-11-1-3-13(4-2-11)14(16,17)18/h1-4,12H,5-10H2. The van der Waals surface area contributed by atoms with Crippen LogP contribution in [0, 0.1) is 5.92 Å². The lowest BCUT2D eigenvalue weighted by atomic mass is 10.1. The highest BCUT2D eigenvalue weighted by Gasteiger charge is 2.30. The van der Waals surface area contributed by atoms with Crippen molar-refractivity contribution in [1.82, 2.24) is 4.90 Å². The maximum absolute atomic E-state index is 12.4. The van der Waals surface area contributed by atoms with Gasteiger partial charge in [-0.25, -0.2) is 0 Å². The Labute approximate surface area is 119 Å². The molecule has 1 aromatic rings. The van der Waals surface area contributed by atoms with Gasteiger partial charge in [0.25, 0.3) is 0 Å². The van der Waals surface area contributed by atoms with E-state index < -0.39 is 11.7 Å². The number of alkyl halides is 4. The van der Waals surface area contributed by atoms with Gasteiger partial charge < -0.3 is 0 Å². The van der Waals surface area contributed by atoms with E-state index in [1.165, 1.54) is 25.0 Å². The van der Waals surface area contributed by atoms with Crippen molar-refractivity contribution in [2.24, 2.45) is 5.92 Å². The molecule has 106 valence electrons. The van der Waals surface area contributed by atoms with Crippen LogP contribution in [-0.2, 0) is 12.7 Å². The highest BCUT2D eigenvalue weighted by atomic mass is 79.9. The predicted molar refractivity (Wildman–Crippen MR) is 73.2 cm³/mol. The van der Waals surface area contributed by atoms with Crippen molar-refractivity contribution in [2.45, 2.75) is 25.6 Å². The Bertz CT molecular complexity index is 402. The molecule has 1 nitrogen and oxygen atoms in total. The summed E-state index contributed by atoms with van der Waals surface area (Å²) >= 11 is 3.45. The van der Waals surface area contributed by atoms with Crippen LogP contribution in [0.4, 0.5) is 13.2 Å². The van der Waals surface area contributed by atoms with Crippen LogP contribution in [-0.4, -0.2) is 23.3 Å². The van der Waals surface area contributed by atoms with Gasteiger partial charge in [-0.15, -0.1) is 0 Å². The quantitative estimate of drug-likeness (QED) is 0.741. The topological polar surface area (TPSA) is 3.24 Å². The molecule has 1 heterocycles. The minimum atomic E-state index is -4.24. The van der Waals surface area contributed by atoms with E-state index in [0.29, 0.717) is 5.92 Å². The first-order valence-corrected chi connectivity index (χ1v) is 7.55. The van der Waals surface area contributed by atoms with E-state index in [1.54, 1.807) is 12.1 Å².